The summed E-state index contributed by atoms with van der Waals surface area (Å²) in [7, 11) is 0. The van der Waals surface area contributed by atoms with E-state index in [0.29, 0.717) is 24.5 Å². The highest BCUT2D eigenvalue weighted by Crippen LogP contribution is 2.14. The lowest BCUT2D eigenvalue weighted by atomic mass is 10.1. The van der Waals surface area contributed by atoms with Crippen molar-refractivity contribution in [3.05, 3.63) is 35.1 Å². The number of carbonyl (C=O) groups is 1. The van der Waals surface area contributed by atoms with Gasteiger partial charge in [-0.15, -0.1) is 0 Å². The number of hydrogen-bond donors (Lipinski definition) is 1. The van der Waals surface area contributed by atoms with Crippen LogP contribution in [0.3, 0.4) is 0 Å². The average Bonchev–Trinajstić information content (AvgIpc) is 2.36. The lowest BCUT2D eigenvalue weighted by Crippen LogP contribution is -2.37. The minimum atomic E-state index is -0.496. The monoisotopic (exact) mass is 296 g/mol. The zero-order valence-electron chi connectivity index (χ0n) is 12.1. The van der Waals surface area contributed by atoms with E-state index < -0.39 is 5.82 Å². The molecule has 0 heterocycles. The Morgan fingerprint density at radius 3 is 2.65 bits per heavy atom. The Balaban J connectivity index is 2.96. The first-order valence-corrected chi connectivity index (χ1v) is 7.05. The van der Waals surface area contributed by atoms with E-state index in [1.165, 1.54) is 6.07 Å². The van der Waals surface area contributed by atoms with E-state index in [0.717, 1.165) is 5.56 Å². The molecule has 0 radical (unpaired) electrons. The predicted molar refractivity (Wildman–Crippen MR) is 83.3 cm³/mol. The maximum atomic E-state index is 13.8. The van der Waals surface area contributed by atoms with Gasteiger partial charge in [0, 0.05) is 19.5 Å². The fraction of sp³-hybridized carbons (Fsp3) is 0.467. The number of nitrogens with two attached hydrogens (primary N) is 1. The van der Waals surface area contributed by atoms with E-state index in [-0.39, 0.29) is 17.4 Å². The lowest BCUT2D eigenvalue weighted by molar-refractivity contribution is 0.0736. The van der Waals surface area contributed by atoms with Gasteiger partial charge in [-0.3, -0.25) is 4.79 Å². The van der Waals surface area contributed by atoms with Gasteiger partial charge in [0.05, 0.1) is 10.6 Å². The van der Waals surface area contributed by atoms with Crippen LogP contribution in [-0.2, 0) is 0 Å². The van der Waals surface area contributed by atoms with E-state index in [2.05, 4.69) is 0 Å². The van der Waals surface area contributed by atoms with E-state index in [9.17, 15) is 9.18 Å². The minimum Gasteiger partial charge on any atom is -0.393 e. The molecular weight excluding hydrogens is 275 g/mol. The van der Waals surface area contributed by atoms with Crippen LogP contribution in [0.15, 0.2) is 18.2 Å². The zero-order chi connectivity index (χ0) is 15.3. The van der Waals surface area contributed by atoms with Gasteiger partial charge in [-0.05, 0) is 25.0 Å². The number of thiocarbonyl (C=S) groups is 1. The van der Waals surface area contributed by atoms with Crippen LogP contribution in [0.25, 0.3) is 0 Å². The Kier molecular flexibility index (Phi) is 6.07. The second-order valence-electron chi connectivity index (χ2n) is 5.34. The summed E-state index contributed by atoms with van der Waals surface area (Å²) >= 11 is 4.84. The molecule has 20 heavy (non-hydrogen) atoms. The van der Waals surface area contributed by atoms with Crippen molar-refractivity contribution < 1.29 is 9.18 Å². The topological polar surface area (TPSA) is 46.3 Å². The number of nitrogens with zero attached hydrogens (tertiary/aromatic N) is 1. The van der Waals surface area contributed by atoms with E-state index in [4.69, 9.17) is 18.0 Å². The van der Waals surface area contributed by atoms with Crippen molar-refractivity contribution in [2.24, 2.45) is 11.7 Å². The van der Waals surface area contributed by atoms with Crippen molar-refractivity contribution >= 4 is 23.1 Å². The van der Waals surface area contributed by atoms with Gasteiger partial charge in [-0.25, -0.2) is 4.39 Å². The SMILES string of the molecule is Cc1ccc(F)c(C(=O)N(CCC(N)=S)CC(C)C)c1. The second-order valence-corrected chi connectivity index (χ2v) is 5.87. The molecule has 0 saturated heterocycles. The van der Waals surface area contributed by atoms with Gasteiger partial charge in [0.1, 0.15) is 5.82 Å². The van der Waals surface area contributed by atoms with Gasteiger partial charge in [0.25, 0.3) is 5.91 Å². The van der Waals surface area contributed by atoms with Crippen LogP contribution in [0.4, 0.5) is 4.39 Å². The fourth-order valence-corrected chi connectivity index (χ4v) is 2.03. The van der Waals surface area contributed by atoms with Gasteiger partial charge >= 0.3 is 0 Å². The molecule has 0 aliphatic heterocycles. The van der Waals surface area contributed by atoms with Crippen molar-refractivity contribution in [2.75, 3.05) is 13.1 Å². The van der Waals surface area contributed by atoms with Crippen molar-refractivity contribution in [3.8, 4) is 0 Å². The second kappa shape index (κ2) is 7.33. The number of halogens is 1. The normalized spacial score (nSPS) is 10.7. The molecule has 1 aromatic carbocycles. The molecule has 0 atom stereocenters. The van der Waals surface area contributed by atoms with Crippen molar-refractivity contribution in [1.29, 1.82) is 0 Å². The molecule has 0 spiro atoms. The van der Waals surface area contributed by atoms with Gasteiger partial charge in [-0.1, -0.05) is 37.7 Å². The largest absolute Gasteiger partial charge is 0.393 e. The fourth-order valence-electron chi connectivity index (χ4n) is 1.94. The van der Waals surface area contributed by atoms with Crippen LogP contribution in [0, 0.1) is 18.7 Å². The van der Waals surface area contributed by atoms with Gasteiger partial charge in [-0.2, -0.15) is 0 Å². The molecule has 0 fully saturated rings. The standard InChI is InChI=1S/C15H21FN2OS/c1-10(2)9-18(7-6-14(17)20)15(19)12-8-11(3)4-5-13(12)16/h4-5,8,10H,6-7,9H2,1-3H3,(H2,17,20). The number of amides is 1. The Labute approximate surface area is 125 Å². The molecule has 1 rings (SSSR count). The Morgan fingerprint density at radius 1 is 1.45 bits per heavy atom. The minimum absolute atomic E-state index is 0.105. The molecule has 1 amide bonds. The summed E-state index contributed by atoms with van der Waals surface area (Å²) in [5.74, 6) is -0.515. The van der Waals surface area contributed by atoms with Crippen LogP contribution in [0.2, 0.25) is 0 Å². The van der Waals surface area contributed by atoms with Gasteiger partial charge < -0.3 is 10.6 Å². The van der Waals surface area contributed by atoms with Crippen LogP contribution in [-0.4, -0.2) is 28.9 Å². The quantitative estimate of drug-likeness (QED) is 0.821. The van der Waals surface area contributed by atoms with Crippen LogP contribution in [0.5, 0.6) is 0 Å². The Morgan fingerprint density at radius 2 is 2.10 bits per heavy atom. The summed E-state index contributed by atoms with van der Waals surface area (Å²) in [6, 6.07) is 4.54. The average molecular weight is 296 g/mol. The molecule has 0 aliphatic carbocycles. The van der Waals surface area contributed by atoms with Crippen molar-refractivity contribution in [3.63, 3.8) is 0 Å². The van der Waals surface area contributed by atoms with Crippen LogP contribution < -0.4 is 5.73 Å². The summed E-state index contributed by atoms with van der Waals surface area (Å²) in [6.07, 6.45) is 0.446. The highest BCUT2D eigenvalue weighted by molar-refractivity contribution is 7.80. The smallest absolute Gasteiger partial charge is 0.256 e. The van der Waals surface area contributed by atoms with Gasteiger partial charge in [0.15, 0.2) is 0 Å². The summed E-state index contributed by atoms with van der Waals surface area (Å²) < 4.78 is 13.8. The third-order valence-corrected chi connectivity index (χ3v) is 3.06. The van der Waals surface area contributed by atoms with E-state index in [1.807, 2.05) is 20.8 Å². The van der Waals surface area contributed by atoms with E-state index in [1.54, 1.807) is 17.0 Å². The number of hydrogen-bond acceptors (Lipinski definition) is 2. The molecule has 3 nitrogen and oxygen atoms in total. The highest BCUT2D eigenvalue weighted by atomic mass is 32.1. The van der Waals surface area contributed by atoms with Crippen molar-refractivity contribution in [1.82, 2.24) is 4.90 Å². The first-order chi connectivity index (χ1) is 9.31. The third-order valence-electron chi connectivity index (χ3n) is 2.85. The molecular formula is C15H21FN2OS. The lowest BCUT2D eigenvalue weighted by Gasteiger charge is -2.25. The first kappa shape index (κ1) is 16.6. The molecule has 110 valence electrons. The van der Waals surface area contributed by atoms with Gasteiger partial charge in [0.2, 0.25) is 0 Å². The maximum absolute atomic E-state index is 13.8. The predicted octanol–water partition coefficient (Wildman–Crippen LogP) is 2.91. The Hall–Kier alpha value is -1.49. The summed E-state index contributed by atoms with van der Waals surface area (Å²) in [4.78, 5) is 14.4. The van der Waals surface area contributed by atoms with Crippen molar-refractivity contribution in [2.45, 2.75) is 27.2 Å². The number of carbonyl (C=O) groups excluding carboxylic acids is 1. The molecule has 0 aliphatic rings. The summed E-state index contributed by atoms with van der Waals surface area (Å²) in [5.41, 5.74) is 6.44. The molecule has 1 aromatic rings. The summed E-state index contributed by atoms with van der Waals surface area (Å²) in [5, 5.41) is 0. The molecule has 0 saturated carbocycles. The summed E-state index contributed by atoms with van der Waals surface area (Å²) in [6.45, 7) is 6.81. The first-order valence-electron chi connectivity index (χ1n) is 6.65. The molecule has 0 bridgehead atoms. The number of rotatable bonds is 6. The molecule has 2 N–H and O–H groups in total. The third kappa shape index (κ3) is 4.89. The van der Waals surface area contributed by atoms with Crippen LogP contribution >= 0.6 is 12.2 Å². The zero-order valence-corrected chi connectivity index (χ0v) is 13.0. The van der Waals surface area contributed by atoms with Crippen LogP contribution in [0.1, 0.15) is 36.2 Å². The molecule has 5 heteroatoms. The Bertz CT molecular complexity index is 503. The molecule has 0 aromatic heterocycles. The number of benzene rings is 1. The highest BCUT2D eigenvalue weighted by Gasteiger charge is 2.20. The number of aryl methyl sites for hydroxylation is 1. The van der Waals surface area contributed by atoms with E-state index >= 15 is 0 Å². The maximum Gasteiger partial charge on any atom is 0.256 e. The molecule has 0 unspecified atom stereocenters.